The van der Waals surface area contributed by atoms with E-state index in [1.807, 2.05) is 12.1 Å². The zero-order valence-corrected chi connectivity index (χ0v) is 12.0. The number of aromatic nitrogens is 1. The van der Waals surface area contributed by atoms with Crippen LogP contribution in [0.25, 0.3) is 10.9 Å². The molecule has 1 fully saturated rings. The maximum Gasteiger partial charge on any atom is 0.132 e. The first-order valence-electron chi connectivity index (χ1n) is 7.13. The molecule has 2 unspecified atom stereocenters. The number of benzene rings is 1. The van der Waals surface area contributed by atoms with Gasteiger partial charge in [0.1, 0.15) is 5.82 Å². The number of pyridine rings is 1. The number of hydrogen-bond donors (Lipinski definition) is 1. The van der Waals surface area contributed by atoms with E-state index in [0.717, 1.165) is 17.9 Å². The molecule has 2 atom stereocenters. The Morgan fingerprint density at radius 1 is 1.40 bits per heavy atom. The standard InChI is InChI=1S/C16H21N3O/c1-11-7-13-5-3-4-6-15(13)18-16(11)19-9-14(8-17)20-10-12(19)2/h3-7,12,14H,8-10,17H2,1-2H3. The van der Waals surface area contributed by atoms with Gasteiger partial charge >= 0.3 is 0 Å². The summed E-state index contributed by atoms with van der Waals surface area (Å²) in [7, 11) is 0. The molecule has 0 amide bonds. The summed E-state index contributed by atoms with van der Waals surface area (Å²) in [5, 5.41) is 1.19. The van der Waals surface area contributed by atoms with E-state index < -0.39 is 0 Å². The van der Waals surface area contributed by atoms with E-state index in [1.54, 1.807) is 0 Å². The second kappa shape index (κ2) is 5.38. The second-order valence-corrected chi connectivity index (χ2v) is 5.51. The summed E-state index contributed by atoms with van der Waals surface area (Å²) in [5.41, 5.74) is 7.99. The van der Waals surface area contributed by atoms with Gasteiger partial charge in [-0.05, 0) is 31.5 Å². The summed E-state index contributed by atoms with van der Waals surface area (Å²) in [6.07, 6.45) is 0.0962. The van der Waals surface area contributed by atoms with E-state index in [1.165, 1.54) is 10.9 Å². The van der Waals surface area contributed by atoms with Crippen LogP contribution in [-0.2, 0) is 4.74 Å². The first-order chi connectivity index (χ1) is 9.69. The van der Waals surface area contributed by atoms with Crippen molar-refractivity contribution in [2.24, 2.45) is 5.73 Å². The molecule has 0 aliphatic carbocycles. The number of morpholine rings is 1. The van der Waals surface area contributed by atoms with Gasteiger partial charge in [-0.2, -0.15) is 0 Å². The van der Waals surface area contributed by atoms with Crippen molar-refractivity contribution < 1.29 is 4.74 Å². The number of anilines is 1. The molecule has 0 bridgehead atoms. The second-order valence-electron chi connectivity index (χ2n) is 5.51. The van der Waals surface area contributed by atoms with E-state index in [2.05, 4.69) is 36.9 Å². The van der Waals surface area contributed by atoms with E-state index in [9.17, 15) is 0 Å². The summed E-state index contributed by atoms with van der Waals surface area (Å²) in [6, 6.07) is 10.8. The summed E-state index contributed by atoms with van der Waals surface area (Å²) in [4.78, 5) is 7.17. The smallest absolute Gasteiger partial charge is 0.132 e. The van der Waals surface area contributed by atoms with Crippen LogP contribution in [0.4, 0.5) is 5.82 Å². The number of hydrogen-bond acceptors (Lipinski definition) is 4. The first kappa shape index (κ1) is 13.3. The summed E-state index contributed by atoms with van der Waals surface area (Å²) in [5.74, 6) is 1.05. The van der Waals surface area contributed by atoms with Crippen molar-refractivity contribution >= 4 is 16.7 Å². The van der Waals surface area contributed by atoms with Crippen LogP contribution in [-0.4, -0.2) is 36.8 Å². The van der Waals surface area contributed by atoms with Gasteiger partial charge in [0.25, 0.3) is 0 Å². The molecule has 1 aromatic heterocycles. The van der Waals surface area contributed by atoms with Crippen LogP contribution < -0.4 is 10.6 Å². The van der Waals surface area contributed by atoms with Gasteiger partial charge in [-0.1, -0.05) is 18.2 Å². The van der Waals surface area contributed by atoms with Gasteiger partial charge in [-0.25, -0.2) is 4.98 Å². The van der Waals surface area contributed by atoms with Crippen molar-refractivity contribution in [3.8, 4) is 0 Å². The van der Waals surface area contributed by atoms with Crippen LogP contribution >= 0.6 is 0 Å². The van der Waals surface area contributed by atoms with E-state index >= 15 is 0 Å². The molecule has 0 spiro atoms. The molecule has 20 heavy (non-hydrogen) atoms. The Hall–Kier alpha value is -1.65. The molecule has 1 saturated heterocycles. The quantitative estimate of drug-likeness (QED) is 0.908. The van der Waals surface area contributed by atoms with Gasteiger partial charge in [0.05, 0.1) is 24.3 Å². The van der Waals surface area contributed by atoms with Crippen LogP contribution in [0, 0.1) is 6.92 Å². The molecule has 4 nitrogen and oxygen atoms in total. The molecule has 0 radical (unpaired) electrons. The SMILES string of the molecule is Cc1cc2ccccc2nc1N1CC(CN)OCC1C. The molecule has 106 valence electrons. The fourth-order valence-electron chi connectivity index (χ4n) is 2.76. The van der Waals surface area contributed by atoms with Crippen molar-refractivity contribution in [3.05, 3.63) is 35.9 Å². The van der Waals surface area contributed by atoms with Crippen LogP contribution in [0.5, 0.6) is 0 Å². The monoisotopic (exact) mass is 271 g/mol. The lowest BCUT2D eigenvalue weighted by Crippen LogP contribution is -2.51. The number of nitrogens with zero attached hydrogens (tertiary/aromatic N) is 2. The van der Waals surface area contributed by atoms with Gasteiger partial charge in [-0.15, -0.1) is 0 Å². The Kier molecular flexibility index (Phi) is 3.59. The largest absolute Gasteiger partial charge is 0.373 e. The Bertz CT molecular complexity index is 614. The summed E-state index contributed by atoms with van der Waals surface area (Å²) in [6.45, 7) is 6.35. The lowest BCUT2D eigenvalue weighted by atomic mass is 10.1. The molecule has 2 N–H and O–H groups in total. The molecule has 1 aliphatic rings. The predicted molar refractivity (Wildman–Crippen MR) is 82.1 cm³/mol. The van der Waals surface area contributed by atoms with Crippen LogP contribution in [0.15, 0.2) is 30.3 Å². The fourth-order valence-corrected chi connectivity index (χ4v) is 2.76. The van der Waals surface area contributed by atoms with Gasteiger partial charge in [-0.3, -0.25) is 0 Å². The van der Waals surface area contributed by atoms with Crippen LogP contribution in [0.1, 0.15) is 12.5 Å². The van der Waals surface area contributed by atoms with Gasteiger partial charge in [0.15, 0.2) is 0 Å². The highest BCUT2D eigenvalue weighted by molar-refractivity contribution is 5.81. The molecule has 4 heteroatoms. The Balaban J connectivity index is 2.01. The molecule has 0 saturated carbocycles. The predicted octanol–water partition coefficient (Wildman–Crippen LogP) is 2.10. The Morgan fingerprint density at radius 3 is 3.00 bits per heavy atom. The third-order valence-electron chi connectivity index (χ3n) is 3.93. The number of nitrogens with two attached hydrogens (primary N) is 1. The van der Waals surface area contributed by atoms with E-state index in [0.29, 0.717) is 19.2 Å². The molecular weight excluding hydrogens is 250 g/mol. The highest BCUT2D eigenvalue weighted by atomic mass is 16.5. The maximum absolute atomic E-state index is 5.75. The van der Waals surface area contributed by atoms with Crippen LogP contribution in [0.3, 0.4) is 0 Å². The minimum Gasteiger partial charge on any atom is -0.373 e. The number of rotatable bonds is 2. The molecular formula is C16H21N3O. The van der Waals surface area contributed by atoms with Crippen molar-refractivity contribution in [2.45, 2.75) is 26.0 Å². The lowest BCUT2D eigenvalue weighted by Gasteiger charge is -2.39. The average Bonchev–Trinajstić information content (AvgIpc) is 2.47. The molecule has 2 heterocycles. The van der Waals surface area contributed by atoms with Gasteiger partial charge < -0.3 is 15.4 Å². The molecule has 2 aromatic rings. The van der Waals surface area contributed by atoms with Crippen molar-refractivity contribution in [1.82, 2.24) is 4.98 Å². The fraction of sp³-hybridized carbons (Fsp3) is 0.438. The Morgan fingerprint density at radius 2 is 2.20 bits per heavy atom. The van der Waals surface area contributed by atoms with E-state index in [4.69, 9.17) is 15.5 Å². The number of para-hydroxylation sites is 1. The normalized spacial score (nSPS) is 23.2. The Labute approximate surface area is 119 Å². The number of ether oxygens (including phenoxy) is 1. The van der Waals surface area contributed by atoms with Crippen LogP contribution in [0.2, 0.25) is 0 Å². The van der Waals surface area contributed by atoms with Gasteiger partial charge in [0.2, 0.25) is 0 Å². The highest BCUT2D eigenvalue weighted by Crippen LogP contribution is 2.26. The molecule has 3 rings (SSSR count). The van der Waals surface area contributed by atoms with Crippen molar-refractivity contribution in [3.63, 3.8) is 0 Å². The van der Waals surface area contributed by atoms with E-state index in [-0.39, 0.29) is 6.10 Å². The highest BCUT2D eigenvalue weighted by Gasteiger charge is 2.27. The number of aryl methyl sites for hydroxylation is 1. The minimum atomic E-state index is 0.0962. The maximum atomic E-state index is 5.75. The number of fused-ring (bicyclic) bond motifs is 1. The first-order valence-corrected chi connectivity index (χ1v) is 7.13. The molecule has 1 aromatic carbocycles. The zero-order chi connectivity index (χ0) is 14.1. The lowest BCUT2D eigenvalue weighted by molar-refractivity contribution is 0.0280. The van der Waals surface area contributed by atoms with Crippen molar-refractivity contribution in [2.75, 3.05) is 24.6 Å². The van der Waals surface area contributed by atoms with Crippen molar-refractivity contribution in [1.29, 1.82) is 0 Å². The summed E-state index contributed by atoms with van der Waals surface area (Å²) >= 11 is 0. The summed E-state index contributed by atoms with van der Waals surface area (Å²) < 4.78 is 5.72. The average molecular weight is 271 g/mol. The molecule has 1 aliphatic heterocycles. The minimum absolute atomic E-state index is 0.0962. The zero-order valence-electron chi connectivity index (χ0n) is 12.0. The topological polar surface area (TPSA) is 51.4 Å². The van der Waals surface area contributed by atoms with Gasteiger partial charge in [0, 0.05) is 18.5 Å². The third-order valence-corrected chi connectivity index (χ3v) is 3.93. The third kappa shape index (κ3) is 2.37.